The number of nitrogens with zero attached hydrogens (tertiary/aromatic N) is 2. The van der Waals surface area contributed by atoms with Crippen LogP contribution in [-0.2, 0) is 0 Å². The Hall–Kier alpha value is -3.93. The average molecular weight is 616 g/mol. The molecule has 45 heavy (non-hydrogen) atoms. The summed E-state index contributed by atoms with van der Waals surface area (Å²) in [5, 5.41) is 0. The zero-order valence-corrected chi connectivity index (χ0v) is 27.4. The van der Waals surface area contributed by atoms with Crippen molar-refractivity contribution in [1.29, 1.82) is 0 Å². The minimum Gasteiger partial charge on any atom is -0.489 e. The molecule has 1 aliphatic rings. The van der Waals surface area contributed by atoms with Gasteiger partial charge in [0.25, 0.3) is 0 Å². The molecule has 0 radical (unpaired) electrons. The van der Waals surface area contributed by atoms with E-state index < -0.39 is 0 Å². The minimum absolute atomic E-state index is 0.646. The fourth-order valence-corrected chi connectivity index (χ4v) is 5.17. The number of allylic oxidation sites excluding steroid dienone is 4. The summed E-state index contributed by atoms with van der Waals surface area (Å²) in [6, 6.07) is 12.2. The Morgan fingerprint density at radius 1 is 0.556 bits per heavy atom. The van der Waals surface area contributed by atoms with Crippen LogP contribution in [0.5, 0.6) is 23.0 Å². The predicted octanol–water partition coefficient (Wildman–Crippen LogP) is 9.82. The van der Waals surface area contributed by atoms with Crippen molar-refractivity contribution in [3.05, 3.63) is 87.0 Å². The van der Waals surface area contributed by atoms with Crippen molar-refractivity contribution in [1.82, 2.24) is 0 Å². The standard InChI is InChI=1S/C39H55N2O4/c1-5-9-13-17-29-42-34-23-21-24-35(43-30-18-14-10-6-2)38(34)40-27-28-41(33-40)39-36(44-31-19-15-11-7-3)25-22-26-37(39)45-32-20-16-12-8-4/h5-8,21-26,33H,1-4,9-20,27-32H2/q+1. The molecule has 0 atom stereocenters. The Bertz CT molecular complexity index is 1150. The number of benzene rings is 2. The van der Waals surface area contributed by atoms with Gasteiger partial charge in [0.15, 0.2) is 23.0 Å². The molecule has 244 valence electrons. The summed E-state index contributed by atoms with van der Waals surface area (Å²) in [6.45, 7) is 19.5. The van der Waals surface area contributed by atoms with Crippen LogP contribution in [0, 0.1) is 0 Å². The molecular weight excluding hydrogens is 560 g/mol. The van der Waals surface area contributed by atoms with Gasteiger partial charge in [-0.15, -0.1) is 26.3 Å². The molecule has 0 aliphatic carbocycles. The number of ether oxygens (including phenoxy) is 4. The molecule has 3 rings (SSSR count). The van der Waals surface area contributed by atoms with Crippen LogP contribution in [0.2, 0.25) is 0 Å². The second kappa shape index (κ2) is 21.7. The van der Waals surface area contributed by atoms with Crippen LogP contribution in [0.25, 0.3) is 0 Å². The predicted molar refractivity (Wildman–Crippen MR) is 189 cm³/mol. The molecule has 1 heterocycles. The van der Waals surface area contributed by atoms with Gasteiger partial charge in [0, 0.05) is 0 Å². The van der Waals surface area contributed by atoms with E-state index in [0.717, 1.165) is 125 Å². The van der Waals surface area contributed by atoms with Crippen LogP contribution < -0.4 is 23.8 Å². The van der Waals surface area contributed by atoms with E-state index in [1.807, 2.05) is 60.7 Å². The van der Waals surface area contributed by atoms with Crippen LogP contribution in [-0.4, -0.2) is 50.4 Å². The molecule has 0 bridgehead atoms. The van der Waals surface area contributed by atoms with E-state index in [2.05, 4.69) is 42.1 Å². The fourth-order valence-electron chi connectivity index (χ4n) is 5.17. The van der Waals surface area contributed by atoms with Gasteiger partial charge >= 0.3 is 0 Å². The first kappa shape index (κ1) is 35.5. The van der Waals surface area contributed by atoms with Gasteiger partial charge in [-0.1, -0.05) is 36.4 Å². The number of para-hydroxylation sites is 2. The maximum Gasteiger partial charge on any atom is 0.245 e. The lowest BCUT2D eigenvalue weighted by Crippen LogP contribution is -2.20. The number of hydrogen-bond donors (Lipinski definition) is 0. The molecule has 0 amide bonds. The highest BCUT2D eigenvalue weighted by Gasteiger charge is 2.32. The van der Waals surface area contributed by atoms with Crippen molar-refractivity contribution in [2.24, 2.45) is 0 Å². The zero-order chi connectivity index (χ0) is 32.0. The lowest BCUT2D eigenvalue weighted by atomic mass is 10.2. The molecule has 6 heteroatoms. The Morgan fingerprint density at radius 2 is 0.933 bits per heavy atom. The Balaban J connectivity index is 1.89. The van der Waals surface area contributed by atoms with Gasteiger partial charge in [-0.2, -0.15) is 0 Å². The van der Waals surface area contributed by atoms with Crippen LogP contribution >= 0.6 is 0 Å². The summed E-state index contributed by atoms with van der Waals surface area (Å²) in [7, 11) is 0. The molecule has 0 unspecified atom stereocenters. The van der Waals surface area contributed by atoms with Gasteiger partial charge in [0.05, 0.1) is 26.4 Å². The van der Waals surface area contributed by atoms with Crippen molar-refractivity contribution in [2.75, 3.05) is 44.4 Å². The molecule has 0 aromatic heterocycles. The van der Waals surface area contributed by atoms with Crippen LogP contribution in [0.4, 0.5) is 11.4 Å². The highest BCUT2D eigenvalue weighted by molar-refractivity contribution is 5.85. The summed E-state index contributed by atoms with van der Waals surface area (Å²) in [4.78, 5) is 2.24. The second-order valence-electron chi connectivity index (χ2n) is 11.2. The van der Waals surface area contributed by atoms with E-state index in [-0.39, 0.29) is 0 Å². The van der Waals surface area contributed by atoms with Gasteiger partial charge in [-0.25, -0.2) is 9.48 Å². The average Bonchev–Trinajstić information content (AvgIpc) is 3.54. The maximum absolute atomic E-state index is 6.37. The minimum atomic E-state index is 0.646. The monoisotopic (exact) mass is 615 g/mol. The number of rotatable bonds is 26. The first-order valence-electron chi connectivity index (χ1n) is 16.8. The maximum atomic E-state index is 6.37. The number of unbranched alkanes of at least 4 members (excludes halogenated alkanes) is 8. The lowest BCUT2D eigenvalue weighted by Gasteiger charge is -2.18. The first-order valence-corrected chi connectivity index (χ1v) is 16.8. The topological polar surface area (TPSA) is 43.2 Å². The third-order valence-electron chi connectivity index (χ3n) is 7.60. The molecule has 2 aromatic rings. The highest BCUT2D eigenvalue weighted by atomic mass is 16.5. The first-order chi connectivity index (χ1) is 22.2. The molecular formula is C39H55N2O4+. The normalized spacial score (nSPS) is 12.4. The van der Waals surface area contributed by atoms with Gasteiger partial charge in [-0.05, 0) is 101 Å². The molecule has 0 spiro atoms. The van der Waals surface area contributed by atoms with Crippen LogP contribution in [0.3, 0.4) is 0 Å². The van der Waals surface area contributed by atoms with E-state index in [1.54, 1.807) is 0 Å². The third kappa shape index (κ3) is 12.2. The Morgan fingerprint density at radius 3 is 1.33 bits per heavy atom. The highest BCUT2D eigenvalue weighted by Crippen LogP contribution is 2.42. The molecule has 6 nitrogen and oxygen atoms in total. The van der Waals surface area contributed by atoms with Gasteiger partial charge in [-0.3, -0.25) is 0 Å². The summed E-state index contributed by atoms with van der Waals surface area (Å²) in [6.07, 6.45) is 22.1. The molecule has 2 aromatic carbocycles. The summed E-state index contributed by atoms with van der Waals surface area (Å²) in [5.74, 6) is 3.34. The van der Waals surface area contributed by atoms with E-state index in [0.29, 0.717) is 26.4 Å². The second-order valence-corrected chi connectivity index (χ2v) is 11.2. The van der Waals surface area contributed by atoms with Crippen LogP contribution in [0.1, 0.15) is 77.0 Å². The van der Waals surface area contributed by atoms with Gasteiger partial charge in [0.1, 0.15) is 13.1 Å². The quantitative estimate of drug-likeness (QED) is 0.0599. The summed E-state index contributed by atoms with van der Waals surface area (Å²) in [5.41, 5.74) is 1.92. The van der Waals surface area contributed by atoms with E-state index in [1.165, 1.54) is 0 Å². The zero-order valence-electron chi connectivity index (χ0n) is 27.4. The molecule has 0 N–H and O–H groups in total. The van der Waals surface area contributed by atoms with Gasteiger partial charge < -0.3 is 18.9 Å². The molecule has 0 fully saturated rings. The number of hydrogen-bond acceptors (Lipinski definition) is 5. The van der Waals surface area contributed by atoms with E-state index in [4.69, 9.17) is 18.9 Å². The van der Waals surface area contributed by atoms with Crippen molar-refractivity contribution >= 4 is 17.7 Å². The Labute approximate surface area is 272 Å². The van der Waals surface area contributed by atoms with E-state index >= 15 is 0 Å². The molecule has 0 saturated heterocycles. The van der Waals surface area contributed by atoms with Crippen molar-refractivity contribution in [2.45, 2.75) is 77.0 Å². The van der Waals surface area contributed by atoms with Crippen molar-refractivity contribution in [3.63, 3.8) is 0 Å². The third-order valence-corrected chi connectivity index (χ3v) is 7.60. The smallest absolute Gasteiger partial charge is 0.245 e. The van der Waals surface area contributed by atoms with E-state index in [9.17, 15) is 0 Å². The van der Waals surface area contributed by atoms with Crippen molar-refractivity contribution in [3.8, 4) is 23.0 Å². The number of anilines is 1. The van der Waals surface area contributed by atoms with Gasteiger partial charge in [0.2, 0.25) is 17.7 Å². The Kier molecular flexibility index (Phi) is 17.2. The summed E-state index contributed by atoms with van der Waals surface area (Å²) < 4.78 is 27.7. The SMILES string of the molecule is C=CCCCCOc1cccc(OCCCCC=C)c1N1C=[N+](c2c(OCCCCC=C)cccc2OCCCCC=C)CC1. The lowest BCUT2D eigenvalue weighted by molar-refractivity contribution is -0.425. The summed E-state index contributed by atoms with van der Waals surface area (Å²) >= 11 is 0. The molecule has 0 saturated carbocycles. The van der Waals surface area contributed by atoms with Crippen LogP contribution in [0.15, 0.2) is 87.0 Å². The molecule has 1 aliphatic heterocycles. The van der Waals surface area contributed by atoms with Crippen molar-refractivity contribution < 1.29 is 23.5 Å². The largest absolute Gasteiger partial charge is 0.489 e. The fraction of sp³-hybridized carbons (Fsp3) is 0.462.